The molecule has 3 aromatic rings. The van der Waals surface area contributed by atoms with Crippen molar-refractivity contribution in [3.8, 4) is 5.75 Å². The molecule has 0 aliphatic heterocycles. The number of hydrogen-bond donors (Lipinski definition) is 2. The number of benzene rings is 2. The molecule has 1 heterocycles. The maximum Gasteiger partial charge on any atom is 0.511 e. The molecule has 176 valence electrons. The lowest BCUT2D eigenvalue weighted by atomic mass is 10.1. The highest BCUT2D eigenvalue weighted by atomic mass is 35.5. The average molecular weight is 544 g/mol. The van der Waals surface area contributed by atoms with Gasteiger partial charge < -0.3 is 19.7 Å². The van der Waals surface area contributed by atoms with Crippen molar-refractivity contribution in [2.24, 2.45) is 0 Å². The fraction of sp³-hybridized carbons (Fsp3) is 0.200. The molecule has 0 fully saturated rings. The number of aromatic nitrogens is 1. The maximum absolute atomic E-state index is 13.8. The molecule has 13 heteroatoms. The number of ether oxygens (including phenoxy) is 1. The van der Waals surface area contributed by atoms with Crippen LogP contribution in [0, 0.1) is 0 Å². The second-order valence-corrected chi connectivity index (χ2v) is 8.33. The van der Waals surface area contributed by atoms with E-state index in [2.05, 4.69) is 4.74 Å². The van der Waals surface area contributed by atoms with Crippen molar-refractivity contribution in [2.75, 3.05) is 0 Å². The summed E-state index contributed by atoms with van der Waals surface area (Å²) in [4.78, 5) is 23.8. The summed E-state index contributed by atoms with van der Waals surface area (Å²) in [6.45, 7) is 1.88. The van der Waals surface area contributed by atoms with Crippen LogP contribution in [0.25, 0.3) is 10.9 Å². The standard InChI is InChI=1S/C20H13Cl4F3N2O4/c1-2-29-13-7-10(21)15(33-19(31)32)6-8(13)5-14(29)18(30)28-17(20(25,26)27)9-3-11(22)16(24)12(23)4-9/h3-7,17H,2H2,1H3,(H,28,30)(H,31,32). The van der Waals surface area contributed by atoms with Gasteiger partial charge in [0.15, 0.2) is 11.8 Å². The second-order valence-electron chi connectivity index (χ2n) is 6.73. The van der Waals surface area contributed by atoms with Crippen LogP contribution >= 0.6 is 46.4 Å². The number of carbonyl (C=O) groups excluding carboxylic acids is 1. The Hall–Kier alpha value is -2.33. The molecule has 33 heavy (non-hydrogen) atoms. The van der Waals surface area contributed by atoms with Crippen molar-refractivity contribution in [3.63, 3.8) is 0 Å². The number of amides is 1. The van der Waals surface area contributed by atoms with E-state index in [1.165, 1.54) is 22.8 Å². The molecule has 1 aromatic heterocycles. The molecular formula is C20H13Cl4F3N2O4. The molecule has 1 unspecified atom stereocenters. The Bertz CT molecular complexity index is 1240. The molecule has 0 spiro atoms. The van der Waals surface area contributed by atoms with Crippen LogP contribution in [0.15, 0.2) is 30.3 Å². The number of hydrogen-bond acceptors (Lipinski definition) is 3. The fourth-order valence-corrected chi connectivity index (χ4v) is 4.07. The minimum absolute atomic E-state index is 0.0525. The number of halogens is 7. The van der Waals surface area contributed by atoms with Gasteiger partial charge in [0.05, 0.1) is 25.6 Å². The zero-order valence-electron chi connectivity index (χ0n) is 16.4. The van der Waals surface area contributed by atoms with E-state index in [1.54, 1.807) is 6.92 Å². The summed E-state index contributed by atoms with van der Waals surface area (Å²) in [7, 11) is 0. The van der Waals surface area contributed by atoms with Crippen molar-refractivity contribution < 1.29 is 32.6 Å². The third-order valence-corrected chi connectivity index (χ3v) is 6.14. The average Bonchev–Trinajstić information content (AvgIpc) is 3.06. The molecule has 0 aliphatic rings. The molecule has 0 aliphatic carbocycles. The number of fused-ring (bicyclic) bond motifs is 1. The largest absolute Gasteiger partial charge is 0.511 e. The van der Waals surface area contributed by atoms with Crippen molar-refractivity contribution in [1.82, 2.24) is 9.88 Å². The number of alkyl halides is 3. The number of nitrogens with one attached hydrogen (secondary N) is 1. The van der Waals surface area contributed by atoms with Gasteiger partial charge in [-0.1, -0.05) is 46.4 Å². The first kappa shape index (κ1) is 25.3. The van der Waals surface area contributed by atoms with Gasteiger partial charge in [-0.3, -0.25) is 4.79 Å². The van der Waals surface area contributed by atoms with Crippen molar-refractivity contribution >= 4 is 69.4 Å². The first-order valence-corrected chi connectivity index (χ1v) is 10.6. The number of carbonyl (C=O) groups is 2. The third-order valence-electron chi connectivity index (χ3n) is 4.64. The first-order valence-electron chi connectivity index (χ1n) is 9.09. The van der Waals surface area contributed by atoms with E-state index in [1.807, 2.05) is 5.32 Å². The minimum atomic E-state index is -4.88. The Balaban J connectivity index is 2.05. The molecule has 3 rings (SSSR count). The monoisotopic (exact) mass is 542 g/mol. The number of rotatable bonds is 5. The van der Waals surface area contributed by atoms with Crippen LogP contribution < -0.4 is 10.1 Å². The van der Waals surface area contributed by atoms with Crippen LogP contribution in [-0.2, 0) is 6.54 Å². The zero-order valence-corrected chi connectivity index (χ0v) is 19.5. The van der Waals surface area contributed by atoms with Gasteiger partial charge >= 0.3 is 12.3 Å². The molecular weight excluding hydrogens is 531 g/mol. The smallest absolute Gasteiger partial charge is 0.449 e. The SMILES string of the molecule is CCn1c(C(=O)NC(c2cc(Cl)c(Cl)c(Cl)c2)C(F)(F)F)cc2cc(OC(=O)O)c(Cl)cc21. The summed E-state index contributed by atoms with van der Waals surface area (Å²) in [5.74, 6) is -1.23. The van der Waals surface area contributed by atoms with Gasteiger partial charge in [0.25, 0.3) is 5.91 Å². The zero-order chi connectivity index (χ0) is 24.7. The van der Waals surface area contributed by atoms with Crippen molar-refractivity contribution in [3.05, 3.63) is 61.7 Å². The Kier molecular flexibility index (Phi) is 7.28. The predicted molar refractivity (Wildman–Crippen MR) is 119 cm³/mol. The highest BCUT2D eigenvalue weighted by Crippen LogP contribution is 2.39. The van der Waals surface area contributed by atoms with E-state index in [9.17, 15) is 22.8 Å². The van der Waals surface area contributed by atoms with Crippen LogP contribution in [-0.4, -0.2) is 27.9 Å². The lowest BCUT2D eigenvalue weighted by molar-refractivity contribution is -0.155. The second kappa shape index (κ2) is 9.50. The van der Waals surface area contributed by atoms with E-state index in [0.29, 0.717) is 10.9 Å². The first-order chi connectivity index (χ1) is 15.3. The predicted octanol–water partition coefficient (Wildman–Crippen LogP) is 7.37. The summed E-state index contributed by atoms with van der Waals surface area (Å²) >= 11 is 23.6. The van der Waals surface area contributed by atoms with E-state index < -0.39 is 29.8 Å². The molecule has 1 atom stereocenters. The van der Waals surface area contributed by atoms with Gasteiger partial charge in [0.2, 0.25) is 0 Å². The quantitative estimate of drug-likeness (QED) is 0.200. The van der Waals surface area contributed by atoms with Gasteiger partial charge in [-0.15, -0.1) is 0 Å². The molecule has 2 N–H and O–H groups in total. The van der Waals surface area contributed by atoms with Crippen LogP contribution in [0.1, 0.15) is 29.0 Å². The minimum Gasteiger partial charge on any atom is -0.449 e. The van der Waals surface area contributed by atoms with Gasteiger partial charge in [-0.05, 0) is 42.8 Å². The van der Waals surface area contributed by atoms with E-state index >= 15 is 0 Å². The Morgan fingerprint density at radius 3 is 2.18 bits per heavy atom. The highest BCUT2D eigenvalue weighted by molar-refractivity contribution is 6.48. The van der Waals surface area contributed by atoms with E-state index in [-0.39, 0.29) is 38.1 Å². The number of carboxylic acid groups (broad SMARTS) is 1. The maximum atomic E-state index is 13.8. The molecule has 0 saturated carbocycles. The molecule has 1 amide bonds. The Morgan fingerprint density at radius 1 is 1.06 bits per heavy atom. The lowest BCUT2D eigenvalue weighted by Gasteiger charge is -2.23. The summed E-state index contributed by atoms with van der Waals surface area (Å²) in [5.41, 5.74) is -0.127. The van der Waals surface area contributed by atoms with Gasteiger partial charge in [0.1, 0.15) is 5.69 Å². The van der Waals surface area contributed by atoms with Crippen molar-refractivity contribution in [1.29, 1.82) is 0 Å². The Labute approximate surface area is 204 Å². The molecule has 0 radical (unpaired) electrons. The molecule has 2 aromatic carbocycles. The summed E-state index contributed by atoms with van der Waals surface area (Å²) in [5, 5.41) is 10.5. The molecule has 6 nitrogen and oxygen atoms in total. The normalized spacial score (nSPS) is 12.6. The van der Waals surface area contributed by atoms with Crippen LogP contribution in [0.5, 0.6) is 5.75 Å². The van der Waals surface area contributed by atoms with Gasteiger partial charge in [0, 0.05) is 11.9 Å². The van der Waals surface area contributed by atoms with Crippen molar-refractivity contribution in [2.45, 2.75) is 25.7 Å². The molecule has 0 saturated heterocycles. The summed E-state index contributed by atoms with van der Waals surface area (Å²) < 4.78 is 47.5. The summed E-state index contributed by atoms with van der Waals surface area (Å²) in [6.07, 6.45) is -6.48. The fourth-order valence-electron chi connectivity index (χ4n) is 3.27. The van der Waals surface area contributed by atoms with E-state index in [0.717, 1.165) is 12.1 Å². The Morgan fingerprint density at radius 2 is 1.67 bits per heavy atom. The summed E-state index contributed by atoms with van der Waals surface area (Å²) in [6, 6.07) is 3.44. The van der Waals surface area contributed by atoms with Gasteiger partial charge in [-0.2, -0.15) is 13.2 Å². The topological polar surface area (TPSA) is 80.6 Å². The van der Waals surface area contributed by atoms with E-state index in [4.69, 9.17) is 51.5 Å². The van der Waals surface area contributed by atoms with Crippen LogP contribution in [0.4, 0.5) is 18.0 Å². The number of aryl methyl sites for hydroxylation is 1. The van der Waals surface area contributed by atoms with Crippen LogP contribution in [0.3, 0.4) is 0 Å². The number of nitrogens with zero attached hydrogens (tertiary/aromatic N) is 1. The third kappa shape index (κ3) is 5.27. The highest BCUT2D eigenvalue weighted by Gasteiger charge is 2.43. The van der Waals surface area contributed by atoms with Gasteiger partial charge in [-0.25, -0.2) is 4.79 Å². The van der Waals surface area contributed by atoms with Crippen LogP contribution in [0.2, 0.25) is 20.1 Å². The molecule has 0 bridgehead atoms. The lowest BCUT2D eigenvalue weighted by Crippen LogP contribution is -2.38.